The van der Waals surface area contributed by atoms with E-state index < -0.39 is 0 Å². The van der Waals surface area contributed by atoms with E-state index in [9.17, 15) is 0 Å². The lowest BCUT2D eigenvalue weighted by molar-refractivity contribution is 1.28. The maximum Gasteiger partial charge on any atom is 0.0700 e. The minimum absolute atomic E-state index is 0.710. The first-order valence-electron chi connectivity index (χ1n) is 7.64. The molecule has 0 aliphatic heterocycles. The first kappa shape index (κ1) is 15.0. The van der Waals surface area contributed by atoms with E-state index in [1.165, 1.54) is 16.3 Å². The van der Waals surface area contributed by atoms with Gasteiger partial charge in [-0.3, -0.25) is 4.99 Å². The Kier molecular flexibility index (Phi) is 3.98. The summed E-state index contributed by atoms with van der Waals surface area (Å²) in [6.45, 7) is 8.14. The molecule has 1 aliphatic rings. The van der Waals surface area contributed by atoms with E-state index in [0.717, 1.165) is 22.6 Å². The Morgan fingerprint density at radius 1 is 1.00 bits per heavy atom. The average Bonchev–Trinajstić information content (AvgIpc) is 2.56. The molecule has 2 heteroatoms. The average molecular weight is 300 g/mol. The summed E-state index contributed by atoms with van der Waals surface area (Å²) in [5, 5.41) is 2.49. The molecule has 0 radical (unpaired) electrons. The highest BCUT2D eigenvalue weighted by Gasteiger charge is 2.07. The molecule has 114 valence electrons. The summed E-state index contributed by atoms with van der Waals surface area (Å²) in [5.74, 6) is 0. The van der Waals surface area contributed by atoms with Gasteiger partial charge in [0, 0.05) is 11.4 Å². The smallest absolute Gasteiger partial charge is 0.0700 e. The molecule has 0 saturated heterocycles. The number of hydrogen-bond donors (Lipinski definition) is 1. The number of hydrogen-bond acceptors (Lipinski definition) is 2. The molecule has 2 N–H and O–H groups in total. The lowest BCUT2D eigenvalue weighted by Gasteiger charge is -2.10. The van der Waals surface area contributed by atoms with Crippen molar-refractivity contribution in [2.75, 3.05) is 0 Å². The van der Waals surface area contributed by atoms with Crippen molar-refractivity contribution in [3.63, 3.8) is 0 Å². The van der Waals surface area contributed by atoms with E-state index in [1.54, 1.807) is 0 Å². The van der Waals surface area contributed by atoms with Crippen LogP contribution in [0.1, 0.15) is 19.4 Å². The summed E-state index contributed by atoms with van der Waals surface area (Å²) in [6.07, 6.45) is 5.61. The normalized spacial score (nSPS) is 17.4. The number of nitrogens with two attached hydrogens (primary N) is 1. The van der Waals surface area contributed by atoms with Gasteiger partial charge in [-0.2, -0.15) is 0 Å². The second-order valence-electron chi connectivity index (χ2n) is 5.77. The number of rotatable bonds is 2. The SMILES string of the molecule is C=C1C=C(N)C=CC1=N/C(C)=C(\C)c1ccc2ccccc2c1. The van der Waals surface area contributed by atoms with Crippen molar-refractivity contribution < 1.29 is 0 Å². The third kappa shape index (κ3) is 3.16. The maximum absolute atomic E-state index is 5.77. The Hall–Kier alpha value is -2.87. The molecule has 0 heterocycles. The Labute approximate surface area is 137 Å². The van der Waals surface area contributed by atoms with E-state index in [-0.39, 0.29) is 0 Å². The van der Waals surface area contributed by atoms with Gasteiger partial charge in [0.25, 0.3) is 0 Å². The Morgan fingerprint density at radius 3 is 2.48 bits per heavy atom. The van der Waals surface area contributed by atoms with Crippen molar-refractivity contribution in [3.05, 3.63) is 89.8 Å². The van der Waals surface area contributed by atoms with Crippen molar-refractivity contribution in [1.82, 2.24) is 0 Å². The summed E-state index contributed by atoms with van der Waals surface area (Å²) in [7, 11) is 0. The molecule has 0 aromatic heterocycles. The predicted molar refractivity (Wildman–Crippen MR) is 100 cm³/mol. The molecule has 2 aromatic carbocycles. The van der Waals surface area contributed by atoms with Gasteiger partial charge in [0.05, 0.1) is 5.71 Å². The van der Waals surface area contributed by atoms with Crippen LogP contribution in [0.3, 0.4) is 0 Å². The van der Waals surface area contributed by atoms with Gasteiger partial charge in [0.2, 0.25) is 0 Å². The van der Waals surface area contributed by atoms with Crippen LogP contribution in [0.25, 0.3) is 16.3 Å². The van der Waals surface area contributed by atoms with Crippen molar-refractivity contribution in [1.29, 1.82) is 0 Å². The minimum atomic E-state index is 0.710. The molecule has 2 nitrogen and oxygen atoms in total. The molecule has 0 unspecified atom stereocenters. The second-order valence-corrected chi connectivity index (χ2v) is 5.77. The third-order valence-corrected chi connectivity index (χ3v) is 4.12. The molecule has 0 atom stereocenters. The second kappa shape index (κ2) is 6.09. The van der Waals surface area contributed by atoms with Gasteiger partial charge in [-0.15, -0.1) is 0 Å². The molecule has 0 amide bonds. The van der Waals surface area contributed by atoms with Gasteiger partial charge in [-0.1, -0.05) is 43.0 Å². The van der Waals surface area contributed by atoms with Gasteiger partial charge in [-0.25, -0.2) is 0 Å². The van der Waals surface area contributed by atoms with Gasteiger partial charge in [0.1, 0.15) is 0 Å². The first-order valence-corrected chi connectivity index (χ1v) is 7.64. The molecule has 0 spiro atoms. The highest BCUT2D eigenvalue weighted by molar-refractivity contribution is 6.12. The molecule has 1 aliphatic carbocycles. The van der Waals surface area contributed by atoms with Gasteiger partial charge in [-0.05, 0) is 65.6 Å². The van der Waals surface area contributed by atoms with Crippen LogP contribution in [0, 0.1) is 0 Å². The fourth-order valence-corrected chi connectivity index (χ4v) is 2.61. The zero-order chi connectivity index (χ0) is 16.4. The summed E-state index contributed by atoms with van der Waals surface area (Å²) in [4.78, 5) is 4.72. The van der Waals surface area contributed by atoms with E-state index in [2.05, 4.69) is 56.0 Å². The number of allylic oxidation sites excluding steroid dienone is 6. The Morgan fingerprint density at radius 2 is 1.74 bits per heavy atom. The van der Waals surface area contributed by atoms with E-state index >= 15 is 0 Å². The lowest BCUT2D eigenvalue weighted by atomic mass is 10.0. The summed E-state index contributed by atoms with van der Waals surface area (Å²) < 4.78 is 0. The first-order chi connectivity index (χ1) is 11.0. The Balaban J connectivity index is 1.99. The van der Waals surface area contributed by atoms with Gasteiger partial charge in [0.15, 0.2) is 0 Å². The predicted octanol–water partition coefficient (Wildman–Crippen LogP) is 5.00. The highest BCUT2D eigenvalue weighted by Crippen LogP contribution is 2.24. The zero-order valence-corrected chi connectivity index (χ0v) is 13.5. The van der Waals surface area contributed by atoms with E-state index in [1.807, 2.05) is 25.2 Å². The number of benzene rings is 2. The Bertz CT molecular complexity index is 908. The van der Waals surface area contributed by atoms with Crippen molar-refractivity contribution >= 4 is 22.1 Å². The molecule has 0 bridgehead atoms. The van der Waals surface area contributed by atoms with Crippen LogP contribution in [0.2, 0.25) is 0 Å². The minimum Gasteiger partial charge on any atom is -0.399 e. The summed E-state index contributed by atoms with van der Waals surface area (Å²) in [5.41, 5.74) is 11.5. The molecule has 23 heavy (non-hydrogen) atoms. The van der Waals surface area contributed by atoms with Crippen LogP contribution in [-0.2, 0) is 0 Å². The maximum atomic E-state index is 5.77. The largest absolute Gasteiger partial charge is 0.399 e. The van der Waals surface area contributed by atoms with Crippen LogP contribution in [-0.4, -0.2) is 5.71 Å². The number of nitrogens with zero attached hydrogens (tertiary/aromatic N) is 1. The zero-order valence-electron chi connectivity index (χ0n) is 13.5. The number of fused-ring (bicyclic) bond motifs is 1. The van der Waals surface area contributed by atoms with Crippen LogP contribution < -0.4 is 5.73 Å². The van der Waals surface area contributed by atoms with Crippen LogP contribution in [0.15, 0.2) is 89.2 Å². The van der Waals surface area contributed by atoms with Crippen molar-refractivity contribution in [3.8, 4) is 0 Å². The molecule has 0 saturated carbocycles. The third-order valence-electron chi connectivity index (χ3n) is 4.12. The topological polar surface area (TPSA) is 38.4 Å². The van der Waals surface area contributed by atoms with Crippen LogP contribution >= 0.6 is 0 Å². The quantitative estimate of drug-likeness (QED) is 0.832. The van der Waals surface area contributed by atoms with E-state index in [4.69, 9.17) is 10.7 Å². The number of aliphatic imine (C=N–C) groups is 1. The van der Waals surface area contributed by atoms with Crippen LogP contribution in [0.4, 0.5) is 0 Å². The fraction of sp³-hybridized carbons (Fsp3) is 0.0952. The van der Waals surface area contributed by atoms with E-state index in [0.29, 0.717) is 5.70 Å². The molecular weight excluding hydrogens is 280 g/mol. The molecule has 3 rings (SSSR count). The summed E-state index contributed by atoms with van der Waals surface area (Å²) in [6, 6.07) is 14.9. The van der Waals surface area contributed by atoms with Gasteiger partial charge < -0.3 is 5.73 Å². The highest BCUT2D eigenvalue weighted by atomic mass is 14.8. The monoisotopic (exact) mass is 300 g/mol. The lowest BCUT2D eigenvalue weighted by Crippen LogP contribution is -2.06. The molecular formula is C21H20N2. The van der Waals surface area contributed by atoms with Crippen molar-refractivity contribution in [2.45, 2.75) is 13.8 Å². The fourth-order valence-electron chi connectivity index (χ4n) is 2.61. The molecule has 2 aromatic rings. The van der Waals surface area contributed by atoms with Crippen molar-refractivity contribution in [2.24, 2.45) is 10.7 Å². The molecule has 0 fully saturated rings. The summed E-state index contributed by atoms with van der Waals surface area (Å²) >= 11 is 0. The standard InChI is InChI=1S/C21H20N2/c1-14-12-20(22)10-11-21(14)23-16(3)15(2)18-9-8-17-6-4-5-7-19(17)13-18/h4-13H,1,22H2,2-3H3/b16-15+,23-21?. The van der Waals surface area contributed by atoms with Gasteiger partial charge >= 0.3 is 0 Å². The van der Waals surface area contributed by atoms with Crippen LogP contribution in [0.5, 0.6) is 0 Å².